The maximum atomic E-state index is 12.1. The molecule has 124 valence electrons. The molecule has 0 aliphatic heterocycles. The minimum Gasteiger partial charge on any atom is -0.382 e. The van der Waals surface area contributed by atoms with E-state index in [0.29, 0.717) is 18.7 Å². The Bertz CT molecular complexity index is 649. The van der Waals surface area contributed by atoms with E-state index in [9.17, 15) is 4.79 Å². The van der Waals surface area contributed by atoms with Crippen LogP contribution >= 0.6 is 0 Å². The molecule has 1 aromatic heterocycles. The highest BCUT2D eigenvalue weighted by Gasteiger charge is 2.15. The summed E-state index contributed by atoms with van der Waals surface area (Å²) in [6.45, 7) is 5.01. The van der Waals surface area contributed by atoms with Crippen molar-refractivity contribution in [1.82, 2.24) is 15.1 Å². The molecular formula is C17H24N4O2. The van der Waals surface area contributed by atoms with Crippen LogP contribution < -0.4 is 11.1 Å². The monoisotopic (exact) mass is 316 g/mol. The number of anilines is 1. The van der Waals surface area contributed by atoms with Gasteiger partial charge < -0.3 is 15.8 Å². The molecule has 0 spiro atoms. The van der Waals surface area contributed by atoms with Gasteiger partial charge in [0, 0.05) is 19.9 Å². The summed E-state index contributed by atoms with van der Waals surface area (Å²) in [6, 6.07) is 8.33. The van der Waals surface area contributed by atoms with E-state index in [2.05, 4.69) is 41.6 Å². The van der Waals surface area contributed by atoms with Gasteiger partial charge in [-0.1, -0.05) is 31.2 Å². The van der Waals surface area contributed by atoms with E-state index >= 15 is 0 Å². The highest BCUT2D eigenvalue weighted by Crippen LogP contribution is 2.12. The average Bonchev–Trinajstić information content (AvgIpc) is 2.93. The SMILES string of the molecule is CCc1ccc(Cn2cc(C(=O)NCC(C)OC)c(N)n2)cc1. The minimum atomic E-state index is -0.237. The van der Waals surface area contributed by atoms with Crippen LogP contribution in [-0.2, 0) is 17.7 Å². The number of nitrogens with zero attached hydrogens (tertiary/aromatic N) is 2. The highest BCUT2D eigenvalue weighted by atomic mass is 16.5. The molecule has 0 aliphatic carbocycles. The van der Waals surface area contributed by atoms with Gasteiger partial charge in [0.15, 0.2) is 5.82 Å². The van der Waals surface area contributed by atoms with Gasteiger partial charge in [-0.25, -0.2) is 0 Å². The fraction of sp³-hybridized carbons (Fsp3) is 0.412. The lowest BCUT2D eigenvalue weighted by molar-refractivity contribution is 0.0871. The van der Waals surface area contributed by atoms with Crippen molar-refractivity contribution in [2.24, 2.45) is 0 Å². The van der Waals surface area contributed by atoms with Crippen LogP contribution in [0.1, 0.15) is 35.3 Å². The Balaban J connectivity index is 2.03. The van der Waals surface area contributed by atoms with Crippen molar-refractivity contribution >= 4 is 11.7 Å². The number of nitrogens with one attached hydrogen (secondary N) is 1. The standard InChI is InChI=1S/C17H24N4O2/c1-4-13-5-7-14(8-6-13)10-21-11-15(16(18)20-21)17(22)19-9-12(2)23-3/h5-8,11-12H,4,9-10H2,1-3H3,(H2,18,20)(H,19,22). The third-order valence-corrected chi connectivity index (χ3v) is 3.76. The van der Waals surface area contributed by atoms with Crippen LogP contribution in [0, 0.1) is 0 Å². The summed E-state index contributed by atoms with van der Waals surface area (Å²) in [5.74, 6) is -0.00303. The number of rotatable bonds is 7. The molecule has 0 radical (unpaired) electrons. The number of hydrogen-bond acceptors (Lipinski definition) is 4. The second kappa shape index (κ2) is 7.78. The first kappa shape index (κ1) is 17.0. The molecule has 0 saturated carbocycles. The lowest BCUT2D eigenvalue weighted by atomic mass is 10.1. The van der Waals surface area contributed by atoms with Gasteiger partial charge in [-0.15, -0.1) is 0 Å². The Morgan fingerprint density at radius 1 is 1.35 bits per heavy atom. The number of benzene rings is 1. The van der Waals surface area contributed by atoms with Crippen LogP contribution in [0.4, 0.5) is 5.82 Å². The summed E-state index contributed by atoms with van der Waals surface area (Å²) in [4.78, 5) is 12.1. The van der Waals surface area contributed by atoms with Crippen molar-refractivity contribution in [2.45, 2.75) is 32.9 Å². The number of aryl methyl sites for hydroxylation is 1. The zero-order valence-electron chi connectivity index (χ0n) is 13.9. The molecule has 6 heteroatoms. The first-order valence-electron chi connectivity index (χ1n) is 7.75. The van der Waals surface area contributed by atoms with Crippen LogP contribution in [0.15, 0.2) is 30.5 Å². The largest absolute Gasteiger partial charge is 0.382 e. The van der Waals surface area contributed by atoms with E-state index in [0.717, 1.165) is 12.0 Å². The van der Waals surface area contributed by atoms with Crippen LogP contribution in [0.3, 0.4) is 0 Å². The maximum Gasteiger partial charge on any atom is 0.256 e. The number of ether oxygens (including phenoxy) is 1. The molecule has 0 aliphatic rings. The number of carbonyl (C=O) groups is 1. The average molecular weight is 316 g/mol. The molecule has 1 heterocycles. The zero-order valence-corrected chi connectivity index (χ0v) is 13.9. The summed E-state index contributed by atoms with van der Waals surface area (Å²) in [7, 11) is 1.60. The number of hydrogen-bond donors (Lipinski definition) is 2. The van der Waals surface area contributed by atoms with Gasteiger partial charge in [-0.05, 0) is 24.5 Å². The molecule has 2 aromatic rings. The van der Waals surface area contributed by atoms with Gasteiger partial charge in [0.25, 0.3) is 5.91 Å². The number of carbonyl (C=O) groups excluding carboxylic acids is 1. The fourth-order valence-electron chi connectivity index (χ4n) is 2.17. The zero-order chi connectivity index (χ0) is 16.8. The van der Waals surface area contributed by atoms with Crippen molar-refractivity contribution in [1.29, 1.82) is 0 Å². The van der Waals surface area contributed by atoms with Crippen LogP contribution in [0.25, 0.3) is 0 Å². The topological polar surface area (TPSA) is 82.2 Å². The van der Waals surface area contributed by atoms with E-state index in [-0.39, 0.29) is 17.8 Å². The first-order valence-corrected chi connectivity index (χ1v) is 7.75. The third-order valence-electron chi connectivity index (χ3n) is 3.76. The van der Waals surface area contributed by atoms with E-state index < -0.39 is 0 Å². The van der Waals surface area contributed by atoms with Crippen LogP contribution in [-0.4, -0.2) is 35.4 Å². The fourth-order valence-corrected chi connectivity index (χ4v) is 2.17. The van der Waals surface area contributed by atoms with Gasteiger partial charge >= 0.3 is 0 Å². The Hall–Kier alpha value is -2.34. The lowest BCUT2D eigenvalue weighted by Crippen LogP contribution is -2.31. The van der Waals surface area contributed by atoms with Crippen molar-refractivity contribution in [3.63, 3.8) is 0 Å². The highest BCUT2D eigenvalue weighted by molar-refractivity contribution is 5.98. The normalized spacial score (nSPS) is 12.1. The van der Waals surface area contributed by atoms with Crippen molar-refractivity contribution in [2.75, 3.05) is 19.4 Å². The Morgan fingerprint density at radius 2 is 2.00 bits per heavy atom. The molecular weight excluding hydrogens is 292 g/mol. The first-order chi connectivity index (χ1) is 11.0. The summed E-state index contributed by atoms with van der Waals surface area (Å²) < 4.78 is 6.79. The van der Waals surface area contributed by atoms with Crippen molar-refractivity contribution < 1.29 is 9.53 Å². The number of nitrogen functional groups attached to an aromatic ring is 1. The quantitative estimate of drug-likeness (QED) is 0.816. The molecule has 6 nitrogen and oxygen atoms in total. The predicted octanol–water partition coefficient (Wildman–Crippen LogP) is 1.84. The number of nitrogens with two attached hydrogens (primary N) is 1. The van der Waals surface area contributed by atoms with E-state index in [4.69, 9.17) is 10.5 Å². The molecule has 1 atom stereocenters. The van der Waals surface area contributed by atoms with Gasteiger partial charge in [0.2, 0.25) is 0 Å². The molecule has 2 rings (SSSR count). The Labute approximate surface area is 136 Å². The van der Waals surface area contributed by atoms with Crippen LogP contribution in [0.5, 0.6) is 0 Å². The molecule has 1 aromatic carbocycles. The molecule has 0 fully saturated rings. The maximum absolute atomic E-state index is 12.1. The van der Waals surface area contributed by atoms with Crippen molar-refractivity contribution in [3.05, 3.63) is 47.2 Å². The molecule has 1 amide bonds. The second-order valence-electron chi connectivity index (χ2n) is 5.55. The van der Waals surface area contributed by atoms with Crippen LogP contribution in [0.2, 0.25) is 0 Å². The van der Waals surface area contributed by atoms with E-state index in [1.54, 1.807) is 18.0 Å². The van der Waals surface area contributed by atoms with E-state index in [1.807, 2.05) is 6.92 Å². The summed E-state index contributed by atoms with van der Waals surface area (Å²) >= 11 is 0. The van der Waals surface area contributed by atoms with Gasteiger partial charge in [-0.3, -0.25) is 9.48 Å². The van der Waals surface area contributed by atoms with E-state index in [1.165, 1.54) is 5.56 Å². The molecule has 0 bridgehead atoms. The predicted molar refractivity (Wildman–Crippen MR) is 90.4 cm³/mol. The summed E-state index contributed by atoms with van der Waals surface area (Å²) in [5.41, 5.74) is 8.65. The smallest absolute Gasteiger partial charge is 0.256 e. The van der Waals surface area contributed by atoms with Crippen molar-refractivity contribution in [3.8, 4) is 0 Å². The molecule has 3 N–H and O–H groups in total. The second-order valence-corrected chi connectivity index (χ2v) is 5.55. The third kappa shape index (κ3) is 4.56. The van der Waals surface area contributed by atoms with Gasteiger partial charge in [0.1, 0.15) is 5.56 Å². The molecule has 1 unspecified atom stereocenters. The number of methoxy groups -OCH3 is 1. The molecule has 0 saturated heterocycles. The summed E-state index contributed by atoms with van der Waals surface area (Å²) in [6.07, 6.45) is 2.64. The van der Waals surface area contributed by atoms with Gasteiger partial charge in [-0.2, -0.15) is 5.10 Å². The van der Waals surface area contributed by atoms with Gasteiger partial charge in [0.05, 0.1) is 12.6 Å². The lowest BCUT2D eigenvalue weighted by Gasteiger charge is -2.09. The Kier molecular flexibility index (Phi) is 5.76. The summed E-state index contributed by atoms with van der Waals surface area (Å²) in [5, 5.41) is 7.00. The number of aromatic nitrogens is 2. The molecule has 23 heavy (non-hydrogen) atoms. The Morgan fingerprint density at radius 3 is 2.61 bits per heavy atom. The minimum absolute atomic E-state index is 0.0488. The number of amides is 1.